The summed E-state index contributed by atoms with van der Waals surface area (Å²) in [6, 6.07) is 5.02. The molecule has 3 rings (SSSR count). The third-order valence-electron chi connectivity index (χ3n) is 4.40. The van der Waals surface area contributed by atoms with Crippen molar-refractivity contribution in [1.29, 1.82) is 0 Å². The molecule has 3 nitrogen and oxygen atoms in total. The van der Waals surface area contributed by atoms with Gasteiger partial charge in [0.15, 0.2) is 0 Å². The molecule has 1 aliphatic heterocycles. The van der Waals surface area contributed by atoms with Gasteiger partial charge in [-0.2, -0.15) is 0 Å². The lowest BCUT2D eigenvalue weighted by Crippen LogP contribution is -2.46. The highest BCUT2D eigenvalue weighted by atomic mass is 79.9. The Labute approximate surface area is 151 Å². The van der Waals surface area contributed by atoms with Crippen LogP contribution >= 0.6 is 15.9 Å². The van der Waals surface area contributed by atoms with E-state index in [0.717, 1.165) is 22.9 Å². The van der Waals surface area contributed by atoms with Gasteiger partial charge in [-0.3, -0.25) is 0 Å². The number of likely N-dealkylation sites (tertiary alicyclic amines) is 1. The average molecular weight is 396 g/mol. The average Bonchev–Trinajstić information content (AvgIpc) is 2.43. The van der Waals surface area contributed by atoms with Crippen molar-refractivity contribution in [3.8, 4) is 0 Å². The van der Waals surface area contributed by atoms with E-state index >= 15 is 0 Å². The summed E-state index contributed by atoms with van der Waals surface area (Å²) in [6.45, 7) is 7.03. The van der Waals surface area contributed by atoms with Crippen LogP contribution in [0.1, 0.15) is 39.2 Å². The summed E-state index contributed by atoms with van der Waals surface area (Å²) in [5.74, 6) is 0.478. The molecule has 1 heterocycles. The second kappa shape index (κ2) is 6.51. The highest BCUT2D eigenvalue weighted by Crippen LogP contribution is 2.39. The Morgan fingerprint density at radius 3 is 2.67 bits per heavy atom. The molecule has 1 amide bonds. The Bertz CT molecular complexity index is 660. The smallest absolute Gasteiger partial charge is 0.410 e. The molecule has 130 valence electrons. The number of allylic oxidation sites excluding steroid dienone is 1. The lowest BCUT2D eigenvalue weighted by atomic mass is 9.77. The van der Waals surface area contributed by atoms with Gasteiger partial charge in [-0.15, -0.1) is 0 Å². The van der Waals surface area contributed by atoms with Crippen molar-refractivity contribution in [2.75, 3.05) is 13.1 Å². The van der Waals surface area contributed by atoms with Gasteiger partial charge < -0.3 is 9.64 Å². The van der Waals surface area contributed by atoms with Gasteiger partial charge in [0.1, 0.15) is 11.4 Å². The first kappa shape index (κ1) is 17.5. The number of hydrogen-bond donors (Lipinski definition) is 0. The molecule has 1 aliphatic carbocycles. The third-order valence-corrected chi connectivity index (χ3v) is 4.86. The van der Waals surface area contributed by atoms with Gasteiger partial charge >= 0.3 is 6.09 Å². The van der Waals surface area contributed by atoms with Gasteiger partial charge in [-0.05, 0) is 74.8 Å². The molecule has 0 radical (unpaired) electrons. The molecule has 1 aromatic carbocycles. The Balaban J connectivity index is 1.76. The van der Waals surface area contributed by atoms with Gasteiger partial charge in [-0.25, -0.2) is 9.18 Å². The predicted octanol–water partition coefficient (Wildman–Crippen LogP) is 5.25. The molecule has 0 saturated carbocycles. The number of fused-ring (bicyclic) bond motifs is 2. The molecule has 0 aromatic heterocycles. The van der Waals surface area contributed by atoms with E-state index in [9.17, 15) is 9.18 Å². The van der Waals surface area contributed by atoms with Crippen LogP contribution in [0.4, 0.5) is 9.18 Å². The normalized spacial score (nSPS) is 23.7. The van der Waals surface area contributed by atoms with Crippen molar-refractivity contribution >= 4 is 27.6 Å². The van der Waals surface area contributed by atoms with Gasteiger partial charge in [0.25, 0.3) is 0 Å². The van der Waals surface area contributed by atoms with Gasteiger partial charge in [0, 0.05) is 17.6 Å². The van der Waals surface area contributed by atoms with E-state index in [-0.39, 0.29) is 11.9 Å². The SMILES string of the molecule is CC(C)(C)OC(=O)N1CC2C=C(c3cc(F)cc(Br)c3)CC(C2)C1. The molecule has 5 heteroatoms. The van der Waals surface area contributed by atoms with Crippen molar-refractivity contribution in [1.82, 2.24) is 4.90 Å². The zero-order valence-corrected chi connectivity index (χ0v) is 15.9. The van der Waals surface area contributed by atoms with Crippen LogP contribution in [0, 0.1) is 17.7 Å². The van der Waals surface area contributed by atoms with E-state index in [1.807, 2.05) is 31.7 Å². The number of amides is 1. The van der Waals surface area contributed by atoms with E-state index in [0.29, 0.717) is 24.9 Å². The molecule has 2 unspecified atom stereocenters. The van der Waals surface area contributed by atoms with Crippen LogP contribution in [-0.4, -0.2) is 29.7 Å². The second-order valence-corrected chi connectivity index (χ2v) is 8.72. The third kappa shape index (κ3) is 4.18. The van der Waals surface area contributed by atoms with Crippen LogP contribution in [0.25, 0.3) is 5.57 Å². The van der Waals surface area contributed by atoms with Crippen molar-refractivity contribution in [3.05, 3.63) is 40.1 Å². The molecular formula is C19H23BrFNO2. The molecule has 1 aromatic rings. The molecule has 0 N–H and O–H groups in total. The number of halogens is 2. The summed E-state index contributed by atoms with van der Waals surface area (Å²) in [6.07, 6.45) is 3.92. The maximum absolute atomic E-state index is 13.7. The Hall–Kier alpha value is -1.36. The summed E-state index contributed by atoms with van der Waals surface area (Å²) >= 11 is 3.36. The summed E-state index contributed by atoms with van der Waals surface area (Å²) < 4.78 is 19.9. The maximum atomic E-state index is 13.7. The summed E-state index contributed by atoms with van der Waals surface area (Å²) in [4.78, 5) is 14.1. The fourth-order valence-corrected chi connectivity index (χ4v) is 4.07. The number of rotatable bonds is 1. The Morgan fingerprint density at radius 1 is 1.29 bits per heavy atom. The lowest BCUT2D eigenvalue weighted by molar-refractivity contribution is 0.0121. The fourth-order valence-electron chi connectivity index (χ4n) is 3.61. The molecule has 2 bridgehead atoms. The maximum Gasteiger partial charge on any atom is 0.410 e. The first-order chi connectivity index (χ1) is 11.2. The number of benzene rings is 1. The first-order valence-corrected chi connectivity index (χ1v) is 9.14. The van der Waals surface area contributed by atoms with E-state index in [1.165, 1.54) is 11.6 Å². The van der Waals surface area contributed by atoms with Gasteiger partial charge in [0.05, 0.1) is 0 Å². The number of ether oxygens (including phenoxy) is 1. The van der Waals surface area contributed by atoms with Crippen LogP contribution in [-0.2, 0) is 4.74 Å². The van der Waals surface area contributed by atoms with Gasteiger partial charge in [0.2, 0.25) is 0 Å². The van der Waals surface area contributed by atoms with E-state index in [2.05, 4.69) is 22.0 Å². The number of carbonyl (C=O) groups excluding carboxylic acids is 1. The molecule has 0 spiro atoms. The molecule has 1 fully saturated rings. The molecule has 2 atom stereocenters. The number of carbonyl (C=O) groups is 1. The highest BCUT2D eigenvalue weighted by Gasteiger charge is 2.35. The van der Waals surface area contributed by atoms with E-state index < -0.39 is 5.60 Å². The predicted molar refractivity (Wildman–Crippen MR) is 96.1 cm³/mol. The Morgan fingerprint density at radius 2 is 2.04 bits per heavy atom. The summed E-state index contributed by atoms with van der Waals surface area (Å²) in [7, 11) is 0. The van der Waals surface area contributed by atoms with Gasteiger partial charge in [-0.1, -0.05) is 22.0 Å². The standard InChI is InChI=1S/C19H23BrFNO2/c1-19(2,3)24-18(23)22-10-12-4-13(11-22)6-14(5-12)15-7-16(20)9-17(21)8-15/h5,7-9,12-13H,4,6,10-11H2,1-3H3. The van der Waals surface area contributed by atoms with Crippen molar-refractivity contribution in [2.24, 2.45) is 11.8 Å². The van der Waals surface area contributed by atoms with Crippen molar-refractivity contribution in [3.63, 3.8) is 0 Å². The minimum Gasteiger partial charge on any atom is -0.444 e. The van der Waals surface area contributed by atoms with E-state index in [1.54, 1.807) is 6.07 Å². The fraction of sp³-hybridized carbons (Fsp3) is 0.526. The van der Waals surface area contributed by atoms with E-state index in [4.69, 9.17) is 4.74 Å². The largest absolute Gasteiger partial charge is 0.444 e. The lowest BCUT2D eigenvalue weighted by Gasteiger charge is -2.40. The van der Waals surface area contributed by atoms with Crippen LogP contribution in [0.15, 0.2) is 28.7 Å². The highest BCUT2D eigenvalue weighted by molar-refractivity contribution is 9.10. The van der Waals surface area contributed by atoms with Crippen LogP contribution in [0.2, 0.25) is 0 Å². The van der Waals surface area contributed by atoms with Crippen molar-refractivity contribution in [2.45, 2.75) is 39.2 Å². The van der Waals surface area contributed by atoms with Crippen LogP contribution in [0.5, 0.6) is 0 Å². The minimum atomic E-state index is -0.474. The topological polar surface area (TPSA) is 29.5 Å². The number of piperidine rings is 1. The van der Waals surface area contributed by atoms with Crippen LogP contribution < -0.4 is 0 Å². The van der Waals surface area contributed by atoms with Crippen molar-refractivity contribution < 1.29 is 13.9 Å². The number of nitrogens with zero attached hydrogens (tertiary/aromatic N) is 1. The zero-order valence-electron chi connectivity index (χ0n) is 14.3. The number of hydrogen-bond acceptors (Lipinski definition) is 2. The zero-order chi connectivity index (χ0) is 17.5. The monoisotopic (exact) mass is 395 g/mol. The quantitative estimate of drug-likeness (QED) is 0.649. The molecule has 2 aliphatic rings. The summed E-state index contributed by atoms with van der Waals surface area (Å²) in [5, 5.41) is 0. The first-order valence-electron chi connectivity index (χ1n) is 8.35. The molecule has 1 saturated heterocycles. The Kier molecular flexibility index (Phi) is 4.73. The molecule has 24 heavy (non-hydrogen) atoms. The minimum absolute atomic E-state index is 0.230. The second-order valence-electron chi connectivity index (χ2n) is 7.80. The molecular weight excluding hydrogens is 373 g/mol. The summed E-state index contributed by atoms with van der Waals surface area (Å²) in [5.41, 5.74) is 1.64. The van der Waals surface area contributed by atoms with Crippen LogP contribution in [0.3, 0.4) is 0 Å².